The number of alkyl halides is 3. The highest BCUT2D eigenvalue weighted by Gasteiger charge is 2.35. The van der Waals surface area contributed by atoms with E-state index in [9.17, 15) is 17.6 Å². The first kappa shape index (κ1) is 17.8. The van der Waals surface area contributed by atoms with Crippen molar-refractivity contribution in [3.05, 3.63) is 40.2 Å². The summed E-state index contributed by atoms with van der Waals surface area (Å²) in [5, 5.41) is 16.5. The molecule has 0 unspecified atom stereocenters. The van der Waals surface area contributed by atoms with Gasteiger partial charge in [0.15, 0.2) is 0 Å². The Kier molecular flexibility index (Phi) is 5.32. The summed E-state index contributed by atoms with van der Waals surface area (Å²) in [6, 6.07) is 2.42. The summed E-state index contributed by atoms with van der Waals surface area (Å²) >= 11 is 1.01. The Morgan fingerprint density at radius 2 is 2.00 bits per heavy atom. The van der Waals surface area contributed by atoms with Gasteiger partial charge in [-0.3, -0.25) is 15.3 Å². The number of rotatable bonds is 5. The van der Waals surface area contributed by atoms with Crippen LogP contribution in [0.15, 0.2) is 18.2 Å². The molecule has 5 nitrogen and oxygen atoms in total. The lowest BCUT2D eigenvalue weighted by molar-refractivity contribution is -0.492. The minimum absolute atomic E-state index is 0.0922. The molecule has 23 heavy (non-hydrogen) atoms. The standard InChI is InChI=1S/C13H12F4N2O3S/c1-7-11(4-5-22-19(20)21)23-12(18-7)9-3-2-8(14)6-10(9)13(15,16)17/h2-3,6,20-21H,4-5H2,1H3. The van der Waals surface area contributed by atoms with E-state index in [1.54, 1.807) is 6.92 Å². The molecule has 0 bridgehead atoms. The van der Waals surface area contributed by atoms with Gasteiger partial charge in [-0.15, -0.1) is 11.3 Å². The number of aromatic nitrogens is 1. The highest BCUT2D eigenvalue weighted by atomic mass is 32.1. The predicted molar refractivity (Wildman–Crippen MR) is 72.3 cm³/mol. The second-order valence-electron chi connectivity index (χ2n) is 4.55. The zero-order chi connectivity index (χ0) is 17.2. The molecule has 0 saturated carbocycles. The van der Waals surface area contributed by atoms with Crippen LogP contribution >= 0.6 is 11.3 Å². The van der Waals surface area contributed by atoms with Gasteiger partial charge < -0.3 is 0 Å². The summed E-state index contributed by atoms with van der Waals surface area (Å²) in [6.07, 6.45) is -4.47. The van der Waals surface area contributed by atoms with Gasteiger partial charge in [0.05, 0.1) is 23.3 Å². The molecule has 0 radical (unpaired) electrons. The van der Waals surface area contributed by atoms with Crippen molar-refractivity contribution in [2.45, 2.75) is 19.5 Å². The van der Waals surface area contributed by atoms with Crippen LogP contribution in [0.2, 0.25) is 0 Å². The highest BCUT2D eigenvalue weighted by Crippen LogP contribution is 2.39. The van der Waals surface area contributed by atoms with Crippen LogP contribution in [-0.2, 0) is 17.4 Å². The molecule has 0 spiro atoms. The molecule has 0 aliphatic heterocycles. The average molecular weight is 352 g/mol. The summed E-state index contributed by atoms with van der Waals surface area (Å²) < 4.78 is 52.3. The molecule has 0 fully saturated rings. The Morgan fingerprint density at radius 3 is 2.61 bits per heavy atom. The number of halogens is 4. The number of nitrogens with zero attached hydrogens (tertiary/aromatic N) is 2. The minimum atomic E-state index is -4.70. The lowest BCUT2D eigenvalue weighted by Gasteiger charge is -2.11. The van der Waals surface area contributed by atoms with Crippen LogP contribution in [0.5, 0.6) is 0 Å². The Hall–Kier alpha value is -1.59. The molecule has 1 aromatic carbocycles. The first-order valence-corrected chi connectivity index (χ1v) is 7.14. The smallest absolute Gasteiger partial charge is 0.266 e. The van der Waals surface area contributed by atoms with Crippen LogP contribution in [0.3, 0.4) is 0 Å². The van der Waals surface area contributed by atoms with Crippen LogP contribution in [0.1, 0.15) is 16.1 Å². The molecular formula is C13H12F4N2O3S. The van der Waals surface area contributed by atoms with Gasteiger partial charge in [0.1, 0.15) is 10.8 Å². The third kappa shape index (κ3) is 4.45. The van der Waals surface area contributed by atoms with Crippen molar-refractivity contribution in [2.75, 3.05) is 6.61 Å². The van der Waals surface area contributed by atoms with Gasteiger partial charge in [-0.05, 0) is 25.1 Å². The quantitative estimate of drug-likeness (QED) is 0.632. The van der Waals surface area contributed by atoms with Crippen molar-refractivity contribution in [1.82, 2.24) is 10.4 Å². The normalized spacial score (nSPS) is 12.2. The maximum absolute atomic E-state index is 13.1. The Bertz CT molecular complexity index is 688. The third-order valence-electron chi connectivity index (χ3n) is 2.95. The van der Waals surface area contributed by atoms with Gasteiger partial charge >= 0.3 is 6.18 Å². The monoisotopic (exact) mass is 352 g/mol. The van der Waals surface area contributed by atoms with E-state index in [-0.39, 0.29) is 23.6 Å². The van der Waals surface area contributed by atoms with Crippen molar-refractivity contribution in [1.29, 1.82) is 0 Å². The summed E-state index contributed by atoms with van der Waals surface area (Å²) in [5.41, 5.74) is -0.801. The molecule has 0 saturated heterocycles. The Labute approximate surface area is 132 Å². The van der Waals surface area contributed by atoms with Gasteiger partial charge in [-0.1, -0.05) is 0 Å². The molecule has 2 rings (SSSR count). The second-order valence-corrected chi connectivity index (χ2v) is 5.63. The molecule has 0 aliphatic rings. The van der Waals surface area contributed by atoms with Gasteiger partial charge in [0.2, 0.25) is 0 Å². The zero-order valence-electron chi connectivity index (χ0n) is 11.8. The molecule has 0 amide bonds. The van der Waals surface area contributed by atoms with E-state index in [0.717, 1.165) is 23.5 Å². The molecule has 2 N–H and O–H groups in total. The molecule has 0 atom stereocenters. The third-order valence-corrected chi connectivity index (χ3v) is 4.20. The molecule has 2 aromatic rings. The SMILES string of the molecule is Cc1nc(-c2ccc(F)cc2C(F)(F)F)sc1CCON(O)O. The summed E-state index contributed by atoms with van der Waals surface area (Å²) in [6.45, 7) is 1.52. The average Bonchev–Trinajstić information content (AvgIpc) is 2.79. The van der Waals surface area contributed by atoms with Crippen molar-refractivity contribution < 1.29 is 32.8 Å². The fourth-order valence-corrected chi connectivity index (χ4v) is 3.02. The predicted octanol–water partition coefficient (Wildman–Crippen LogP) is 3.83. The highest BCUT2D eigenvalue weighted by molar-refractivity contribution is 7.15. The van der Waals surface area contributed by atoms with E-state index in [2.05, 4.69) is 9.82 Å². The second kappa shape index (κ2) is 6.89. The van der Waals surface area contributed by atoms with Crippen LogP contribution in [-0.4, -0.2) is 27.4 Å². The maximum atomic E-state index is 13.1. The van der Waals surface area contributed by atoms with Crippen LogP contribution < -0.4 is 0 Å². The number of hydrogen-bond acceptors (Lipinski definition) is 6. The van der Waals surface area contributed by atoms with E-state index < -0.39 is 22.9 Å². The number of aryl methyl sites for hydroxylation is 1. The van der Waals surface area contributed by atoms with Crippen LogP contribution in [0.4, 0.5) is 17.6 Å². The lowest BCUT2D eigenvalue weighted by Crippen LogP contribution is -2.16. The first-order valence-electron chi connectivity index (χ1n) is 6.32. The fraction of sp³-hybridized carbons (Fsp3) is 0.308. The van der Waals surface area contributed by atoms with Crippen molar-refractivity contribution in [3.8, 4) is 10.6 Å². The van der Waals surface area contributed by atoms with E-state index >= 15 is 0 Å². The van der Waals surface area contributed by atoms with E-state index in [4.69, 9.17) is 10.4 Å². The fourth-order valence-electron chi connectivity index (χ4n) is 1.93. The van der Waals surface area contributed by atoms with E-state index in [1.165, 1.54) is 0 Å². The number of thiazole rings is 1. The van der Waals surface area contributed by atoms with Crippen LogP contribution in [0.25, 0.3) is 10.6 Å². The van der Waals surface area contributed by atoms with Crippen molar-refractivity contribution in [3.63, 3.8) is 0 Å². The zero-order valence-corrected chi connectivity index (χ0v) is 12.6. The topological polar surface area (TPSA) is 65.8 Å². The van der Waals surface area contributed by atoms with Gasteiger partial charge in [-0.2, -0.15) is 13.2 Å². The van der Waals surface area contributed by atoms with Gasteiger partial charge in [0.25, 0.3) is 0 Å². The number of benzene rings is 1. The molecule has 0 aliphatic carbocycles. The molecule has 1 heterocycles. The Balaban J connectivity index is 2.33. The largest absolute Gasteiger partial charge is 0.417 e. The summed E-state index contributed by atoms with van der Waals surface area (Å²) in [4.78, 5) is 9.11. The first-order chi connectivity index (χ1) is 10.7. The van der Waals surface area contributed by atoms with Crippen molar-refractivity contribution in [2.24, 2.45) is 0 Å². The molecule has 126 valence electrons. The Morgan fingerprint density at radius 1 is 1.30 bits per heavy atom. The summed E-state index contributed by atoms with van der Waals surface area (Å²) in [7, 11) is 0. The molecule has 1 aromatic heterocycles. The van der Waals surface area contributed by atoms with Gasteiger partial charge in [0, 0.05) is 16.9 Å². The maximum Gasteiger partial charge on any atom is 0.417 e. The van der Waals surface area contributed by atoms with E-state index in [0.29, 0.717) is 16.6 Å². The van der Waals surface area contributed by atoms with Crippen LogP contribution in [0, 0.1) is 12.7 Å². The van der Waals surface area contributed by atoms with E-state index in [1.807, 2.05) is 0 Å². The molecular weight excluding hydrogens is 340 g/mol. The van der Waals surface area contributed by atoms with Crippen molar-refractivity contribution >= 4 is 11.3 Å². The minimum Gasteiger partial charge on any atom is -0.266 e. The number of hydrogen-bond donors (Lipinski definition) is 2. The lowest BCUT2D eigenvalue weighted by atomic mass is 10.1. The molecule has 10 heteroatoms. The summed E-state index contributed by atoms with van der Waals surface area (Å²) in [5.74, 6) is -0.978. The van der Waals surface area contributed by atoms with Gasteiger partial charge in [-0.25, -0.2) is 9.37 Å².